The minimum absolute atomic E-state index is 0.206. The molecule has 0 aliphatic carbocycles. The van der Waals surface area contributed by atoms with Crippen LogP contribution in [-0.2, 0) is 0 Å². The molecule has 8 rings (SSSR count). The number of hydrogen-bond donors (Lipinski definition) is 0. The van der Waals surface area contributed by atoms with E-state index >= 15 is 0 Å². The van der Waals surface area contributed by atoms with E-state index in [0.29, 0.717) is 0 Å². The normalized spacial score (nSPS) is 12.5. The Balaban J connectivity index is 1.47. The number of para-hydroxylation sites is 2. The van der Waals surface area contributed by atoms with Gasteiger partial charge < -0.3 is 9.80 Å². The molecule has 42 heavy (non-hydrogen) atoms. The predicted octanol–water partition coefficient (Wildman–Crippen LogP) is 8.36. The van der Waals surface area contributed by atoms with Crippen molar-refractivity contribution in [3.8, 4) is 11.1 Å². The molecule has 0 atom stereocenters. The molecule has 6 aromatic carbocycles. The molecule has 0 unspecified atom stereocenters. The molecule has 0 radical (unpaired) electrons. The monoisotopic (exact) mass is 538 g/mol. The van der Waals surface area contributed by atoms with Crippen molar-refractivity contribution in [3.05, 3.63) is 150 Å². The van der Waals surface area contributed by atoms with Crippen LogP contribution in [0.25, 0.3) is 11.1 Å². The molecule has 0 N–H and O–H groups in total. The topological polar surface area (TPSA) is 6.48 Å². The summed E-state index contributed by atoms with van der Waals surface area (Å²) in [5.74, 6) is 0. The maximum atomic E-state index is 2.49. The molecular weight excluding hydrogens is 507 g/mol. The van der Waals surface area contributed by atoms with Crippen LogP contribution in [0.2, 0.25) is 0 Å². The van der Waals surface area contributed by atoms with Gasteiger partial charge in [0, 0.05) is 34.1 Å². The van der Waals surface area contributed by atoms with E-state index in [4.69, 9.17) is 0 Å². The van der Waals surface area contributed by atoms with Crippen molar-refractivity contribution >= 4 is 57.2 Å². The molecule has 0 amide bonds. The number of anilines is 6. The second kappa shape index (κ2) is 9.53. The molecule has 3 heteroatoms. The van der Waals surface area contributed by atoms with Gasteiger partial charge in [-0.25, -0.2) is 0 Å². The van der Waals surface area contributed by atoms with Crippen molar-refractivity contribution < 1.29 is 0 Å². The first-order valence-corrected chi connectivity index (χ1v) is 14.7. The van der Waals surface area contributed by atoms with Gasteiger partial charge in [0.05, 0.1) is 0 Å². The van der Waals surface area contributed by atoms with Crippen LogP contribution in [0.4, 0.5) is 34.1 Å². The van der Waals surface area contributed by atoms with E-state index in [1.165, 1.54) is 61.3 Å². The molecule has 0 saturated heterocycles. The molecule has 2 heterocycles. The van der Waals surface area contributed by atoms with Gasteiger partial charge in [-0.05, 0) is 97.4 Å². The highest BCUT2D eigenvalue weighted by atomic mass is 15.2. The van der Waals surface area contributed by atoms with Gasteiger partial charge in [0.2, 0.25) is 6.71 Å². The van der Waals surface area contributed by atoms with E-state index in [0.717, 1.165) is 17.1 Å². The zero-order valence-electron chi connectivity index (χ0n) is 24.2. The minimum Gasteiger partial charge on any atom is -0.311 e. The van der Waals surface area contributed by atoms with Crippen molar-refractivity contribution in [1.82, 2.24) is 0 Å². The van der Waals surface area contributed by atoms with Gasteiger partial charge >= 0.3 is 0 Å². The van der Waals surface area contributed by atoms with Gasteiger partial charge in [0.25, 0.3) is 0 Å². The second-order valence-electron chi connectivity index (χ2n) is 11.7. The summed E-state index contributed by atoms with van der Waals surface area (Å²) in [5, 5.41) is 0. The van der Waals surface area contributed by atoms with Gasteiger partial charge in [-0.2, -0.15) is 0 Å². The first-order valence-electron chi connectivity index (χ1n) is 14.7. The lowest BCUT2D eigenvalue weighted by molar-refractivity contribution is 1.25. The lowest BCUT2D eigenvalue weighted by Gasteiger charge is -2.37. The summed E-state index contributed by atoms with van der Waals surface area (Å²) in [7, 11) is 0. The first kappa shape index (κ1) is 24.8. The number of fused-ring (bicyclic) bond motifs is 5. The fraction of sp³-hybridized carbons (Fsp3) is 0.0769. The Kier molecular flexibility index (Phi) is 5.62. The van der Waals surface area contributed by atoms with Crippen LogP contribution in [0.5, 0.6) is 0 Å². The highest BCUT2D eigenvalue weighted by Gasteiger charge is 2.43. The van der Waals surface area contributed by atoms with Crippen LogP contribution in [0.3, 0.4) is 0 Å². The number of nitrogens with zero attached hydrogens (tertiary/aromatic N) is 2. The standard InChI is InChI=1S/C39H31BN2/c1-26-14-18-31(19-15-26)42-37-21-17-28(3)23-36(37)40-35-22-27(2)16-20-33(35)34-24-32(25-38(42)39(34)40)41(29-10-6-4-7-11-29)30-12-8-5-9-13-30/h4-25H,1-3H3. The summed E-state index contributed by atoms with van der Waals surface area (Å²) in [6.45, 7) is 6.78. The third-order valence-electron chi connectivity index (χ3n) is 8.79. The molecule has 0 bridgehead atoms. The van der Waals surface area contributed by atoms with Gasteiger partial charge in [0.15, 0.2) is 0 Å². The number of rotatable bonds is 4. The molecule has 0 fully saturated rings. The smallest absolute Gasteiger partial charge is 0.248 e. The Morgan fingerprint density at radius 2 is 1.07 bits per heavy atom. The van der Waals surface area contributed by atoms with E-state index in [1.54, 1.807) is 0 Å². The minimum atomic E-state index is 0.206. The fourth-order valence-electron chi connectivity index (χ4n) is 6.92. The summed E-state index contributed by atoms with van der Waals surface area (Å²) >= 11 is 0. The average Bonchev–Trinajstić information content (AvgIpc) is 3.33. The Labute approximate surface area is 248 Å². The summed E-state index contributed by atoms with van der Waals surface area (Å²) < 4.78 is 0. The van der Waals surface area contributed by atoms with Crippen LogP contribution < -0.4 is 26.2 Å². The van der Waals surface area contributed by atoms with Crippen LogP contribution in [0.1, 0.15) is 16.7 Å². The Hall–Kier alpha value is -5.02. The van der Waals surface area contributed by atoms with E-state index in [2.05, 4.69) is 164 Å². The summed E-state index contributed by atoms with van der Waals surface area (Å²) in [6.07, 6.45) is 0. The first-order chi connectivity index (χ1) is 20.6. The molecule has 0 aromatic heterocycles. The van der Waals surface area contributed by atoms with E-state index in [1.807, 2.05) is 0 Å². The molecule has 2 aliphatic heterocycles. The maximum absolute atomic E-state index is 2.49. The highest BCUT2D eigenvalue weighted by Crippen LogP contribution is 2.45. The molecule has 2 aliphatic rings. The number of benzene rings is 6. The van der Waals surface area contributed by atoms with Crippen LogP contribution in [-0.4, -0.2) is 6.71 Å². The van der Waals surface area contributed by atoms with Gasteiger partial charge in [-0.15, -0.1) is 0 Å². The number of aryl methyl sites for hydroxylation is 3. The van der Waals surface area contributed by atoms with Crippen molar-refractivity contribution in [2.24, 2.45) is 0 Å². The zero-order chi connectivity index (χ0) is 28.4. The number of hydrogen-bond acceptors (Lipinski definition) is 2. The van der Waals surface area contributed by atoms with Gasteiger partial charge in [-0.3, -0.25) is 0 Å². The predicted molar refractivity (Wildman–Crippen MR) is 180 cm³/mol. The van der Waals surface area contributed by atoms with Crippen molar-refractivity contribution in [2.45, 2.75) is 20.8 Å². The Morgan fingerprint density at radius 3 is 1.74 bits per heavy atom. The molecule has 0 saturated carbocycles. The second-order valence-corrected chi connectivity index (χ2v) is 11.7. The van der Waals surface area contributed by atoms with E-state index < -0.39 is 0 Å². The Morgan fingerprint density at radius 1 is 0.476 bits per heavy atom. The van der Waals surface area contributed by atoms with Crippen molar-refractivity contribution in [2.75, 3.05) is 9.80 Å². The highest BCUT2D eigenvalue weighted by molar-refractivity contribution is 7.01. The van der Waals surface area contributed by atoms with Crippen LogP contribution in [0.15, 0.2) is 133 Å². The Bertz CT molecular complexity index is 1920. The quantitative estimate of drug-likeness (QED) is 0.208. The molecule has 0 spiro atoms. The van der Waals surface area contributed by atoms with Crippen molar-refractivity contribution in [3.63, 3.8) is 0 Å². The van der Waals surface area contributed by atoms with E-state index in [-0.39, 0.29) is 6.71 Å². The lowest BCUT2D eigenvalue weighted by atomic mass is 9.37. The van der Waals surface area contributed by atoms with Gasteiger partial charge in [0.1, 0.15) is 0 Å². The largest absolute Gasteiger partial charge is 0.311 e. The molecule has 6 aromatic rings. The zero-order valence-corrected chi connectivity index (χ0v) is 24.2. The molecule has 200 valence electrons. The molecular formula is C39H31BN2. The fourth-order valence-corrected chi connectivity index (χ4v) is 6.92. The third-order valence-corrected chi connectivity index (χ3v) is 8.79. The summed E-state index contributed by atoms with van der Waals surface area (Å²) in [4.78, 5) is 4.87. The maximum Gasteiger partial charge on any atom is 0.248 e. The van der Waals surface area contributed by atoms with Gasteiger partial charge in [-0.1, -0.05) is 101 Å². The SMILES string of the molecule is Cc1ccc(N2c3ccc(C)cc3B3c4cc(C)ccc4-c4cc(N(c5ccccc5)c5ccccc5)cc2c43)cc1. The van der Waals surface area contributed by atoms with E-state index in [9.17, 15) is 0 Å². The lowest BCUT2D eigenvalue weighted by Crippen LogP contribution is -2.54. The summed E-state index contributed by atoms with van der Waals surface area (Å²) in [6, 6.07) is 49.2. The van der Waals surface area contributed by atoms with Crippen LogP contribution in [0, 0.1) is 20.8 Å². The van der Waals surface area contributed by atoms with Crippen molar-refractivity contribution in [1.29, 1.82) is 0 Å². The summed E-state index contributed by atoms with van der Waals surface area (Å²) in [5.41, 5.74) is 17.8. The third kappa shape index (κ3) is 3.81. The van der Waals surface area contributed by atoms with Crippen LogP contribution >= 0.6 is 0 Å². The average molecular weight is 539 g/mol. The molecule has 2 nitrogen and oxygen atoms in total.